The molecule has 1 N–H and O–H groups in total. The van der Waals surface area contributed by atoms with E-state index in [1.807, 2.05) is 4.90 Å². The topological polar surface area (TPSA) is 35.6 Å². The van der Waals surface area contributed by atoms with Crippen LogP contribution in [-0.2, 0) is 0 Å². The zero-order valence-electron chi connectivity index (χ0n) is 11.1. The molecule has 6 heteroatoms. The number of hydrogen-bond acceptors (Lipinski definition) is 3. The largest absolute Gasteiger partial charge is 0.336 e. The molecule has 2 aliphatic rings. The van der Waals surface area contributed by atoms with E-state index >= 15 is 0 Å². The van der Waals surface area contributed by atoms with Crippen molar-refractivity contribution >= 4 is 21.8 Å². The number of nitrogens with zero attached hydrogens (tertiary/aromatic N) is 2. The Morgan fingerprint density at radius 2 is 1.90 bits per heavy atom. The van der Waals surface area contributed by atoms with Crippen molar-refractivity contribution in [3.8, 4) is 0 Å². The number of piperazine rings is 1. The molecule has 1 amide bonds. The van der Waals surface area contributed by atoms with Crippen LogP contribution in [0, 0.1) is 5.82 Å². The van der Waals surface area contributed by atoms with Gasteiger partial charge < -0.3 is 10.2 Å². The van der Waals surface area contributed by atoms with E-state index in [9.17, 15) is 9.18 Å². The van der Waals surface area contributed by atoms with Crippen molar-refractivity contribution in [1.82, 2.24) is 15.1 Å². The van der Waals surface area contributed by atoms with Gasteiger partial charge in [0.2, 0.25) is 0 Å². The van der Waals surface area contributed by atoms with Gasteiger partial charge in [0.25, 0.3) is 5.91 Å². The maximum atomic E-state index is 13.4. The Morgan fingerprint density at radius 3 is 2.45 bits per heavy atom. The molecule has 1 aromatic carbocycles. The predicted molar refractivity (Wildman–Crippen MR) is 78.2 cm³/mol. The first-order valence-electron chi connectivity index (χ1n) is 6.83. The average Bonchev–Trinajstić information content (AvgIpc) is 2.35. The zero-order chi connectivity index (χ0) is 14.1. The third kappa shape index (κ3) is 2.87. The van der Waals surface area contributed by atoms with E-state index in [1.54, 1.807) is 6.07 Å². The van der Waals surface area contributed by atoms with Gasteiger partial charge in [-0.3, -0.25) is 9.69 Å². The SMILES string of the molecule is O=C(c1cc(F)cc(Br)c1)N1CCN(C2CNC2)CC1. The summed E-state index contributed by atoms with van der Waals surface area (Å²) in [6.45, 7) is 5.31. The fourth-order valence-electron chi connectivity index (χ4n) is 2.68. The Balaban J connectivity index is 1.63. The van der Waals surface area contributed by atoms with Gasteiger partial charge in [-0.2, -0.15) is 0 Å². The van der Waals surface area contributed by atoms with Crippen molar-refractivity contribution in [2.24, 2.45) is 0 Å². The number of carbonyl (C=O) groups is 1. The van der Waals surface area contributed by atoms with Crippen molar-refractivity contribution < 1.29 is 9.18 Å². The number of halogens is 2. The minimum absolute atomic E-state index is 0.0865. The number of carbonyl (C=O) groups excluding carboxylic acids is 1. The highest BCUT2D eigenvalue weighted by molar-refractivity contribution is 9.10. The fraction of sp³-hybridized carbons (Fsp3) is 0.500. The Labute approximate surface area is 126 Å². The van der Waals surface area contributed by atoms with Crippen LogP contribution < -0.4 is 5.32 Å². The van der Waals surface area contributed by atoms with Gasteiger partial charge in [0, 0.05) is 55.3 Å². The highest BCUT2D eigenvalue weighted by atomic mass is 79.9. The molecular weight excluding hydrogens is 325 g/mol. The summed E-state index contributed by atoms with van der Waals surface area (Å²) in [7, 11) is 0. The summed E-state index contributed by atoms with van der Waals surface area (Å²) < 4.78 is 14.0. The Bertz CT molecular complexity index is 493. The minimum Gasteiger partial charge on any atom is -0.336 e. The van der Waals surface area contributed by atoms with Crippen molar-refractivity contribution in [2.45, 2.75) is 6.04 Å². The van der Waals surface area contributed by atoms with Gasteiger partial charge in [-0.25, -0.2) is 4.39 Å². The van der Waals surface area contributed by atoms with Crippen LogP contribution in [0.3, 0.4) is 0 Å². The van der Waals surface area contributed by atoms with Crippen molar-refractivity contribution in [2.75, 3.05) is 39.3 Å². The second-order valence-electron chi connectivity index (χ2n) is 5.30. The Kier molecular flexibility index (Phi) is 4.05. The molecule has 0 spiro atoms. The lowest BCUT2D eigenvalue weighted by atomic mass is 10.1. The van der Waals surface area contributed by atoms with Crippen LogP contribution in [0.2, 0.25) is 0 Å². The summed E-state index contributed by atoms with van der Waals surface area (Å²) in [6, 6.07) is 4.96. The van der Waals surface area contributed by atoms with Gasteiger partial charge in [-0.15, -0.1) is 0 Å². The summed E-state index contributed by atoms with van der Waals surface area (Å²) in [4.78, 5) is 16.6. The summed E-state index contributed by atoms with van der Waals surface area (Å²) in [5.41, 5.74) is 0.413. The molecular formula is C14H17BrFN3O. The van der Waals surface area contributed by atoms with E-state index in [2.05, 4.69) is 26.1 Å². The molecule has 3 rings (SSSR count). The first kappa shape index (κ1) is 14.0. The van der Waals surface area contributed by atoms with Crippen LogP contribution in [0.4, 0.5) is 4.39 Å². The van der Waals surface area contributed by atoms with Gasteiger partial charge in [-0.05, 0) is 18.2 Å². The molecule has 108 valence electrons. The first-order chi connectivity index (χ1) is 9.63. The highest BCUT2D eigenvalue weighted by Crippen LogP contribution is 2.18. The van der Waals surface area contributed by atoms with Crippen LogP contribution in [0.25, 0.3) is 0 Å². The smallest absolute Gasteiger partial charge is 0.254 e. The zero-order valence-corrected chi connectivity index (χ0v) is 12.7. The van der Waals surface area contributed by atoms with E-state index < -0.39 is 0 Å². The van der Waals surface area contributed by atoms with Gasteiger partial charge in [0.05, 0.1) is 0 Å². The maximum absolute atomic E-state index is 13.4. The molecule has 0 unspecified atom stereocenters. The lowest BCUT2D eigenvalue weighted by molar-refractivity contribution is 0.0501. The van der Waals surface area contributed by atoms with Gasteiger partial charge >= 0.3 is 0 Å². The quantitative estimate of drug-likeness (QED) is 0.881. The second kappa shape index (κ2) is 5.79. The lowest BCUT2D eigenvalue weighted by Gasteiger charge is -2.43. The molecule has 4 nitrogen and oxygen atoms in total. The van der Waals surface area contributed by atoms with Gasteiger partial charge in [-0.1, -0.05) is 15.9 Å². The predicted octanol–water partition coefficient (Wildman–Crippen LogP) is 1.32. The summed E-state index contributed by atoms with van der Waals surface area (Å²) in [5, 5.41) is 3.26. The molecule has 2 heterocycles. The molecule has 0 aliphatic carbocycles. The van der Waals surface area contributed by atoms with Crippen molar-refractivity contribution in [1.29, 1.82) is 0 Å². The molecule has 0 radical (unpaired) electrons. The molecule has 0 atom stereocenters. The van der Waals surface area contributed by atoms with E-state index in [4.69, 9.17) is 0 Å². The van der Waals surface area contributed by atoms with E-state index in [1.165, 1.54) is 12.1 Å². The number of nitrogens with one attached hydrogen (secondary N) is 1. The monoisotopic (exact) mass is 341 g/mol. The van der Waals surface area contributed by atoms with Crippen LogP contribution in [0.1, 0.15) is 10.4 Å². The maximum Gasteiger partial charge on any atom is 0.254 e. The molecule has 1 aromatic rings. The molecule has 0 aromatic heterocycles. The fourth-order valence-corrected chi connectivity index (χ4v) is 3.15. The van der Waals surface area contributed by atoms with Crippen LogP contribution >= 0.6 is 15.9 Å². The third-order valence-electron chi connectivity index (χ3n) is 3.99. The Morgan fingerprint density at radius 1 is 1.20 bits per heavy atom. The number of hydrogen-bond donors (Lipinski definition) is 1. The number of rotatable bonds is 2. The number of benzene rings is 1. The van der Waals surface area contributed by atoms with E-state index in [0.717, 1.165) is 26.2 Å². The summed E-state index contributed by atoms with van der Waals surface area (Å²) >= 11 is 3.22. The molecule has 0 saturated carbocycles. The first-order valence-corrected chi connectivity index (χ1v) is 7.63. The van der Waals surface area contributed by atoms with Gasteiger partial charge in [0.15, 0.2) is 0 Å². The van der Waals surface area contributed by atoms with Crippen LogP contribution in [0.15, 0.2) is 22.7 Å². The molecule has 2 saturated heterocycles. The number of amides is 1. The molecule has 2 aliphatic heterocycles. The van der Waals surface area contributed by atoms with Crippen LogP contribution in [-0.4, -0.2) is 61.0 Å². The normalized spacial score (nSPS) is 20.8. The molecule has 20 heavy (non-hydrogen) atoms. The summed E-state index contributed by atoms with van der Waals surface area (Å²) in [5.74, 6) is -0.474. The van der Waals surface area contributed by atoms with E-state index in [0.29, 0.717) is 29.2 Å². The van der Waals surface area contributed by atoms with Crippen molar-refractivity contribution in [3.63, 3.8) is 0 Å². The second-order valence-corrected chi connectivity index (χ2v) is 6.21. The third-order valence-corrected chi connectivity index (χ3v) is 4.45. The molecule has 2 fully saturated rings. The van der Waals surface area contributed by atoms with Crippen molar-refractivity contribution in [3.05, 3.63) is 34.1 Å². The average molecular weight is 342 g/mol. The standard InChI is InChI=1S/C14H17BrFN3O/c15-11-5-10(6-12(16)7-11)14(20)19-3-1-18(2-4-19)13-8-17-9-13/h5-7,13,17H,1-4,8-9H2. The van der Waals surface area contributed by atoms with Crippen LogP contribution in [0.5, 0.6) is 0 Å². The minimum atomic E-state index is -0.387. The van der Waals surface area contributed by atoms with Gasteiger partial charge in [0.1, 0.15) is 5.82 Å². The lowest BCUT2D eigenvalue weighted by Crippen LogP contribution is -2.62. The summed E-state index contributed by atoms with van der Waals surface area (Å²) in [6.07, 6.45) is 0. The van der Waals surface area contributed by atoms with E-state index in [-0.39, 0.29) is 11.7 Å². The Hall–Kier alpha value is -0.980. The highest BCUT2D eigenvalue weighted by Gasteiger charge is 2.29. The molecule has 0 bridgehead atoms.